The van der Waals surface area contributed by atoms with Crippen molar-refractivity contribution in [1.82, 2.24) is 9.88 Å². The maximum absolute atomic E-state index is 5.70. The molecule has 0 bridgehead atoms. The first-order valence-electron chi connectivity index (χ1n) is 9.64. The molecule has 1 aliphatic rings. The Kier molecular flexibility index (Phi) is 4.99. The molecule has 3 aromatic rings. The summed E-state index contributed by atoms with van der Waals surface area (Å²) < 4.78 is 5.70. The number of piperazine rings is 1. The summed E-state index contributed by atoms with van der Waals surface area (Å²) in [4.78, 5) is 9.64. The van der Waals surface area contributed by atoms with Gasteiger partial charge in [-0.1, -0.05) is 29.8 Å². The lowest BCUT2D eigenvalue weighted by molar-refractivity contribution is 0.247. The van der Waals surface area contributed by atoms with Crippen molar-refractivity contribution >= 4 is 5.69 Å². The standard InChI is InChI=1S/C23H27N3O/c1-17-5-8-20(9-6-17)23-24-21(16-27-23)15-25-10-12-26(13-11-25)22-14-18(2)4-7-19(22)3/h4-9,14,16H,10-13,15H2,1-3H3. The average molecular weight is 361 g/mol. The Bertz CT molecular complexity index is 906. The Hall–Kier alpha value is -2.59. The molecule has 27 heavy (non-hydrogen) atoms. The normalized spacial score (nSPS) is 15.3. The zero-order chi connectivity index (χ0) is 18.8. The minimum Gasteiger partial charge on any atom is -0.444 e. The number of anilines is 1. The van der Waals surface area contributed by atoms with Gasteiger partial charge in [0.2, 0.25) is 5.89 Å². The van der Waals surface area contributed by atoms with Crippen molar-refractivity contribution in [2.75, 3.05) is 31.1 Å². The lowest BCUT2D eigenvalue weighted by Crippen LogP contribution is -2.46. The van der Waals surface area contributed by atoms with Gasteiger partial charge in [-0.15, -0.1) is 0 Å². The highest BCUT2D eigenvalue weighted by molar-refractivity contribution is 5.55. The molecule has 0 atom stereocenters. The fraction of sp³-hybridized carbons (Fsp3) is 0.348. The molecule has 1 fully saturated rings. The molecular weight excluding hydrogens is 334 g/mol. The Morgan fingerprint density at radius 3 is 2.33 bits per heavy atom. The van der Waals surface area contributed by atoms with E-state index in [0.29, 0.717) is 5.89 Å². The topological polar surface area (TPSA) is 32.5 Å². The second-order valence-electron chi connectivity index (χ2n) is 7.56. The second kappa shape index (κ2) is 7.57. The first kappa shape index (κ1) is 17.8. The number of oxazole rings is 1. The molecule has 0 unspecified atom stereocenters. The van der Waals surface area contributed by atoms with E-state index < -0.39 is 0 Å². The Morgan fingerprint density at radius 2 is 1.59 bits per heavy atom. The van der Waals surface area contributed by atoms with Crippen LogP contribution in [0.1, 0.15) is 22.4 Å². The molecule has 2 heterocycles. The smallest absolute Gasteiger partial charge is 0.226 e. The molecule has 1 aliphatic heterocycles. The predicted octanol–water partition coefficient (Wildman–Crippen LogP) is 4.59. The maximum Gasteiger partial charge on any atom is 0.226 e. The van der Waals surface area contributed by atoms with Crippen LogP contribution in [0.3, 0.4) is 0 Å². The summed E-state index contributed by atoms with van der Waals surface area (Å²) in [5.74, 6) is 0.707. The lowest BCUT2D eigenvalue weighted by Gasteiger charge is -2.36. The third-order valence-electron chi connectivity index (χ3n) is 5.31. The first-order chi connectivity index (χ1) is 13.1. The van der Waals surface area contributed by atoms with Gasteiger partial charge in [-0.25, -0.2) is 4.98 Å². The number of nitrogens with zero attached hydrogens (tertiary/aromatic N) is 3. The molecule has 4 rings (SSSR count). The minimum atomic E-state index is 0.707. The molecule has 0 saturated carbocycles. The Labute approximate surface area is 161 Å². The van der Waals surface area contributed by atoms with E-state index in [-0.39, 0.29) is 0 Å². The van der Waals surface area contributed by atoms with Crippen LogP contribution in [-0.2, 0) is 6.54 Å². The number of rotatable bonds is 4. The summed E-state index contributed by atoms with van der Waals surface area (Å²) in [5.41, 5.74) is 7.33. The Balaban J connectivity index is 1.37. The van der Waals surface area contributed by atoms with Crippen molar-refractivity contribution in [3.63, 3.8) is 0 Å². The average Bonchev–Trinajstić information content (AvgIpc) is 3.13. The van der Waals surface area contributed by atoms with Crippen molar-refractivity contribution in [1.29, 1.82) is 0 Å². The van der Waals surface area contributed by atoms with Crippen LogP contribution in [-0.4, -0.2) is 36.1 Å². The number of aromatic nitrogens is 1. The van der Waals surface area contributed by atoms with Crippen LogP contribution >= 0.6 is 0 Å². The second-order valence-corrected chi connectivity index (χ2v) is 7.56. The van der Waals surface area contributed by atoms with Gasteiger partial charge in [0, 0.05) is 44.0 Å². The van der Waals surface area contributed by atoms with E-state index in [1.807, 2.05) is 0 Å². The van der Waals surface area contributed by atoms with E-state index in [9.17, 15) is 0 Å². The summed E-state index contributed by atoms with van der Waals surface area (Å²) >= 11 is 0. The molecule has 0 aliphatic carbocycles. The highest BCUT2D eigenvalue weighted by Crippen LogP contribution is 2.24. The van der Waals surface area contributed by atoms with Gasteiger partial charge in [0.15, 0.2) is 0 Å². The number of hydrogen-bond acceptors (Lipinski definition) is 4. The zero-order valence-electron chi connectivity index (χ0n) is 16.4. The molecule has 4 heteroatoms. The van der Waals surface area contributed by atoms with Crippen molar-refractivity contribution in [3.8, 4) is 11.5 Å². The van der Waals surface area contributed by atoms with Gasteiger partial charge in [-0.3, -0.25) is 4.90 Å². The van der Waals surface area contributed by atoms with Gasteiger partial charge in [0.25, 0.3) is 0 Å². The maximum atomic E-state index is 5.70. The molecule has 0 amide bonds. The van der Waals surface area contributed by atoms with E-state index in [4.69, 9.17) is 4.42 Å². The third kappa shape index (κ3) is 4.06. The van der Waals surface area contributed by atoms with Crippen LogP contribution in [0, 0.1) is 20.8 Å². The summed E-state index contributed by atoms with van der Waals surface area (Å²) in [6.07, 6.45) is 1.80. The minimum absolute atomic E-state index is 0.707. The van der Waals surface area contributed by atoms with Crippen molar-refractivity contribution in [3.05, 3.63) is 71.1 Å². The quantitative estimate of drug-likeness (QED) is 0.680. The predicted molar refractivity (Wildman–Crippen MR) is 110 cm³/mol. The van der Waals surface area contributed by atoms with Crippen LogP contribution in [0.2, 0.25) is 0 Å². The Morgan fingerprint density at radius 1 is 0.889 bits per heavy atom. The highest BCUT2D eigenvalue weighted by atomic mass is 16.3. The van der Waals surface area contributed by atoms with Crippen molar-refractivity contribution < 1.29 is 4.42 Å². The molecule has 4 nitrogen and oxygen atoms in total. The van der Waals surface area contributed by atoms with E-state index in [0.717, 1.165) is 44.0 Å². The van der Waals surface area contributed by atoms with Gasteiger partial charge in [-0.05, 0) is 50.1 Å². The van der Waals surface area contributed by atoms with Crippen LogP contribution < -0.4 is 4.90 Å². The molecule has 1 aromatic heterocycles. The van der Waals surface area contributed by atoms with Crippen molar-refractivity contribution in [2.45, 2.75) is 27.3 Å². The summed E-state index contributed by atoms with van der Waals surface area (Å²) in [7, 11) is 0. The molecule has 1 saturated heterocycles. The number of benzene rings is 2. The van der Waals surface area contributed by atoms with E-state index in [1.165, 1.54) is 22.4 Å². The van der Waals surface area contributed by atoms with Crippen LogP contribution in [0.5, 0.6) is 0 Å². The SMILES string of the molecule is Cc1ccc(-c2nc(CN3CCN(c4cc(C)ccc4C)CC3)co2)cc1. The van der Waals surface area contributed by atoms with Gasteiger partial charge in [-0.2, -0.15) is 0 Å². The van der Waals surface area contributed by atoms with Crippen molar-refractivity contribution in [2.24, 2.45) is 0 Å². The van der Waals surface area contributed by atoms with Gasteiger partial charge < -0.3 is 9.32 Å². The van der Waals surface area contributed by atoms with E-state index >= 15 is 0 Å². The van der Waals surface area contributed by atoms with E-state index in [1.54, 1.807) is 6.26 Å². The number of hydrogen-bond donors (Lipinski definition) is 0. The van der Waals surface area contributed by atoms with Gasteiger partial charge in [0.05, 0.1) is 5.69 Å². The molecule has 2 aromatic carbocycles. The van der Waals surface area contributed by atoms with E-state index in [2.05, 4.69) is 78.0 Å². The van der Waals surface area contributed by atoms with Crippen LogP contribution in [0.15, 0.2) is 53.1 Å². The number of aryl methyl sites for hydroxylation is 3. The summed E-state index contributed by atoms with van der Waals surface area (Å²) in [6, 6.07) is 15.0. The highest BCUT2D eigenvalue weighted by Gasteiger charge is 2.20. The lowest BCUT2D eigenvalue weighted by atomic mass is 10.1. The molecular formula is C23H27N3O. The molecule has 0 spiro atoms. The molecule has 140 valence electrons. The fourth-order valence-electron chi connectivity index (χ4n) is 3.64. The largest absolute Gasteiger partial charge is 0.444 e. The third-order valence-corrected chi connectivity index (χ3v) is 5.31. The molecule has 0 N–H and O–H groups in total. The van der Waals surface area contributed by atoms with Gasteiger partial charge in [0.1, 0.15) is 6.26 Å². The monoisotopic (exact) mass is 361 g/mol. The van der Waals surface area contributed by atoms with Gasteiger partial charge >= 0.3 is 0 Å². The summed E-state index contributed by atoms with van der Waals surface area (Å²) in [6.45, 7) is 11.5. The van der Waals surface area contributed by atoms with Crippen LogP contribution in [0.4, 0.5) is 5.69 Å². The fourth-order valence-corrected chi connectivity index (χ4v) is 3.64. The zero-order valence-corrected chi connectivity index (χ0v) is 16.4. The first-order valence-corrected chi connectivity index (χ1v) is 9.64. The molecule has 0 radical (unpaired) electrons. The van der Waals surface area contributed by atoms with Crippen LogP contribution in [0.25, 0.3) is 11.5 Å². The summed E-state index contributed by atoms with van der Waals surface area (Å²) in [5, 5.41) is 0.